The second kappa shape index (κ2) is 6.80. The van der Waals surface area contributed by atoms with Gasteiger partial charge in [-0.25, -0.2) is 4.98 Å². The van der Waals surface area contributed by atoms with Gasteiger partial charge in [-0.3, -0.25) is 9.36 Å². The molecule has 0 bridgehead atoms. The van der Waals surface area contributed by atoms with Crippen molar-refractivity contribution in [3.05, 3.63) is 52.4 Å². The first kappa shape index (κ1) is 15.5. The molecule has 0 amide bonds. The van der Waals surface area contributed by atoms with Crippen LogP contribution in [0, 0.1) is 0 Å². The Balaban J connectivity index is 1.62. The fourth-order valence-electron chi connectivity index (χ4n) is 2.17. The summed E-state index contributed by atoms with van der Waals surface area (Å²) >= 11 is 1.42. The van der Waals surface area contributed by atoms with E-state index in [1.54, 1.807) is 37.4 Å². The van der Waals surface area contributed by atoms with Crippen molar-refractivity contribution in [2.45, 2.75) is 12.6 Å². The first-order valence-corrected chi connectivity index (χ1v) is 7.93. The van der Waals surface area contributed by atoms with Crippen molar-refractivity contribution in [2.75, 3.05) is 13.7 Å². The molecule has 0 aliphatic heterocycles. The smallest absolute Gasteiger partial charge is 0.262 e. The summed E-state index contributed by atoms with van der Waals surface area (Å²) in [4.78, 5) is 17.1. The van der Waals surface area contributed by atoms with E-state index in [0.717, 1.165) is 5.75 Å². The molecule has 3 aromatic rings. The Bertz CT molecular complexity index is 841. The van der Waals surface area contributed by atoms with E-state index in [2.05, 4.69) is 4.98 Å². The van der Waals surface area contributed by atoms with Crippen LogP contribution in [0.5, 0.6) is 11.5 Å². The molecule has 23 heavy (non-hydrogen) atoms. The molecule has 0 aliphatic carbocycles. The molecule has 0 saturated heterocycles. The third-order valence-corrected chi connectivity index (χ3v) is 4.18. The molecule has 0 unspecified atom stereocenters. The fraction of sp³-hybridized carbons (Fsp3) is 0.250. The van der Waals surface area contributed by atoms with Gasteiger partial charge in [0.15, 0.2) is 0 Å². The van der Waals surface area contributed by atoms with Crippen LogP contribution in [0.3, 0.4) is 0 Å². The van der Waals surface area contributed by atoms with Crippen molar-refractivity contribution in [1.29, 1.82) is 0 Å². The van der Waals surface area contributed by atoms with Crippen LogP contribution < -0.4 is 15.0 Å². The number of hydrogen-bond donors (Lipinski definition) is 1. The van der Waals surface area contributed by atoms with Crippen LogP contribution in [0.15, 0.2) is 46.8 Å². The Morgan fingerprint density at radius 2 is 2.00 bits per heavy atom. The average molecular weight is 332 g/mol. The van der Waals surface area contributed by atoms with Crippen molar-refractivity contribution in [3.8, 4) is 11.5 Å². The Morgan fingerprint density at radius 1 is 1.26 bits per heavy atom. The summed E-state index contributed by atoms with van der Waals surface area (Å²) in [5.41, 5.74) is -0.153. The molecule has 0 saturated carbocycles. The van der Waals surface area contributed by atoms with Gasteiger partial charge in [0.05, 0.1) is 25.4 Å². The molecule has 0 aliphatic rings. The van der Waals surface area contributed by atoms with E-state index in [-0.39, 0.29) is 18.7 Å². The van der Waals surface area contributed by atoms with Crippen molar-refractivity contribution >= 4 is 21.6 Å². The number of methoxy groups -OCH3 is 1. The summed E-state index contributed by atoms with van der Waals surface area (Å²) in [6.45, 7) is 0.216. The number of ether oxygens (including phenoxy) is 2. The number of thiophene rings is 1. The number of aromatic nitrogens is 2. The number of rotatable bonds is 6. The average Bonchev–Trinajstić information content (AvgIpc) is 3.05. The molecule has 120 valence electrons. The first-order valence-electron chi connectivity index (χ1n) is 7.05. The summed E-state index contributed by atoms with van der Waals surface area (Å²) in [7, 11) is 1.59. The van der Waals surface area contributed by atoms with Gasteiger partial charge in [0, 0.05) is 0 Å². The molecule has 0 radical (unpaired) electrons. The van der Waals surface area contributed by atoms with Crippen LogP contribution in [-0.2, 0) is 6.54 Å². The molecule has 0 spiro atoms. The molecule has 7 heteroatoms. The molecule has 2 aromatic heterocycles. The molecule has 3 rings (SSSR count). The maximum absolute atomic E-state index is 12.2. The summed E-state index contributed by atoms with van der Waals surface area (Å²) < 4.78 is 12.0. The van der Waals surface area contributed by atoms with Gasteiger partial charge in [0.25, 0.3) is 5.56 Å². The zero-order valence-electron chi connectivity index (χ0n) is 12.5. The highest BCUT2D eigenvalue weighted by Gasteiger charge is 2.10. The van der Waals surface area contributed by atoms with Gasteiger partial charge in [-0.15, -0.1) is 11.3 Å². The lowest BCUT2D eigenvalue weighted by molar-refractivity contribution is 0.0914. The minimum atomic E-state index is -0.812. The highest BCUT2D eigenvalue weighted by Crippen LogP contribution is 2.17. The minimum absolute atomic E-state index is 0.0838. The van der Waals surface area contributed by atoms with E-state index in [1.165, 1.54) is 22.2 Å². The monoisotopic (exact) mass is 332 g/mol. The molecule has 1 atom stereocenters. The van der Waals surface area contributed by atoms with Gasteiger partial charge >= 0.3 is 0 Å². The fourth-order valence-corrected chi connectivity index (χ4v) is 2.89. The lowest BCUT2D eigenvalue weighted by atomic mass is 10.3. The van der Waals surface area contributed by atoms with E-state index >= 15 is 0 Å². The Kier molecular flexibility index (Phi) is 4.59. The van der Waals surface area contributed by atoms with Crippen molar-refractivity contribution in [3.63, 3.8) is 0 Å². The maximum Gasteiger partial charge on any atom is 0.262 e. The van der Waals surface area contributed by atoms with Crippen LogP contribution in [0.1, 0.15) is 0 Å². The molecule has 6 nitrogen and oxygen atoms in total. The second-order valence-corrected chi connectivity index (χ2v) is 5.88. The lowest BCUT2D eigenvalue weighted by Gasteiger charge is -2.14. The SMILES string of the molecule is COc1ccc(OC[C@H](O)Cn2cnc3sccc3c2=O)cc1. The van der Waals surface area contributed by atoms with Gasteiger partial charge in [-0.1, -0.05) is 0 Å². The summed E-state index contributed by atoms with van der Waals surface area (Å²) in [5.74, 6) is 1.36. The standard InChI is InChI=1S/C16H16N2O4S/c1-21-12-2-4-13(5-3-12)22-9-11(19)8-18-10-17-15-14(16(18)20)6-7-23-15/h2-7,10-11,19H,8-9H2,1H3/t11-/m1/s1. The van der Waals surface area contributed by atoms with Gasteiger partial charge in [0.2, 0.25) is 0 Å². The minimum Gasteiger partial charge on any atom is -0.497 e. The van der Waals surface area contributed by atoms with E-state index < -0.39 is 6.10 Å². The topological polar surface area (TPSA) is 73.6 Å². The highest BCUT2D eigenvalue weighted by molar-refractivity contribution is 7.16. The quantitative estimate of drug-likeness (QED) is 0.746. The van der Waals surface area contributed by atoms with Crippen LogP contribution in [-0.4, -0.2) is 34.5 Å². The second-order valence-electron chi connectivity index (χ2n) is 4.98. The number of fused-ring (bicyclic) bond motifs is 1. The Labute approximate surface area is 136 Å². The molecule has 1 N–H and O–H groups in total. The van der Waals surface area contributed by atoms with Gasteiger partial charge < -0.3 is 14.6 Å². The van der Waals surface area contributed by atoms with E-state index in [1.807, 2.05) is 5.38 Å². The number of hydrogen-bond acceptors (Lipinski definition) is 6. The number of aliphatic hydroxyl groups is 1. The molecule has 1 aromatic carbocycles. The van der Waals surface area contributed by atoms with Crippen molar-refractivity contribution < 1.29 is 14.6 Å². The molecule has 2 heterocycles. The Hall–Kier alpha value is -2.38. The zero-order chi connectivity index (χ0) is 16.2. The van der Waals surface area contributed by atoms with E-state index in [0.29, 0.717) is 16.0 Å². The molecule has 0 fully saturated rings. The molecular formula is C16H16N2O4S. The number of nitrogens with zero attached hydrogens (tertiary/aromatic N) is 2. The number of benzene rings is 1. The largest absolute Gasteiger partial charge is 0.497 e. The Morgan fingerprint density at radius 3 is 2.74 bits per heavy atom. The van der Waals surface area contributed by atoms with Crippen molar-refractivity contribution in [2.24, 2.45) is 0 Å². The normalized spacial score (nSPS) is 12.3. The van der Waals surface area contributed by atoms with Gasteiger partial charge in [-0.2, -0.15) is 0 Å². The van der Waals surface area contributed by atoms with Crippen molar-refractivity contribution in [1.82, 2.24) is 9.55 Å². The third-order valence-electron chi connectivity index (χ3n) is 3.36. The maximum atomic E-state index is 12.2. The van der Waals surface area contributed by atoms with E-state index in [9.17, 15) is 9.90 Å². The third kappa shape index (κ3) is 3.52. The highest BCUT2D eigenvalue weighted by atomic mass is 32.1. The molecular weight excluding hydrogens is 316 g/mol. The van der Waals surface area contributed by atoms with E-state index in [4.69, 9.17) is 9.47 Å². The van der Waals surface area contributed by atoms with Crippen LogP contribution >= 0.6 is 11.3 Å². The number of aliphatic hydroxyl groups excluding tert-OH is 1. The summed E-state index contributed by atoms with van der Waals surface area (Å²) in [5, 5.41) is 12.5. The van der Waals surface area contributed by atoms with Gasteiger partial charge in [0.1, 0.15) is 29.0 Å². The lowest BCUT2D eigenvalue weighted by Crippen LogP contribution is -2.30. The predicted molar refractivity (Wildman–Crippen MR) is 88.4 cm³/mol. The van der Waals surface area contributed by atoms with Gasteiger partial charge in [-0.05, 0) is 35.7 Å². The summed E-state index contributed by atoms with van der Waals surface area (Å²) in [6.07, 6.45) is 0.644. The predicted octanol–water partition coefficient (Wildman–Crippen LogP) is 1.91. The summed E-state index contributed by atoms with van der Waals surface area (Å²) in [6, 6.07) is 8.82. The van der Waals surface area contributed by atoms with Crippen LogP contribution in [0.4, 0.5) is 0 Å². The van der Waals surface area contributed by atoms with Crippen LogP contribution in [0.25, 0.3) is 10.2 Å². The van der Waals surface area contributed by atoms with Crippen LogP contribution in [0.2, 0.25) is 0 Å². The zero-order valence-corrected chi connectivity index (χ0v) is 13.3. The first-order chi connectivity index (χ1) is 11.2.